The molecule has 29 heavy (non-hydrogen) atoms. The molecule has 3 heterocycles. The molecule has 0 bridgehead atoms. The Balaban J connectivity index is 1.34. The molecule has 1 fully saturated rings. The normalized spacial score (nSPS) is 16.0. The van der Waals surface area contributed by atoms with Gasteiger partial charge in [-0.25, -0.2) is 4.98 Å². The summed E-state index contributed by atoms with van der Waals surface area (Å²) in [6.07, 6.45) is 3.05. The van der Waals surface area contributed by atoms with Crippen molar-refractivity contribution in [3.8, 4) is 11.5 Å². The molecule has 0 radical (unpaired) electrons. The summed E-state index contributed by atoms with van der Waals surface area (Å²) in [6, 6.07) is 3.21. The smallest absolute Gasteiger partial charge is 0.291 e. The molecule has 1 aromatic carbocycles. The van der Waals surface area contributed by atoms with Gasteiger partial charge in [0.25, 0.3) is 5.91 Å². The zero-order valence-electron chi connectivity index (χ0n) is 15.9. The first-order chi connectivity index (χ1) is 14.0. The van der Waals surface area contributed by atoms with Gasteiger partial charge in [-0.15, -0.1) is 0 Å². The average Bonchev–Trinajstić information content (AvgIpc) is 3.39. The number of carbonyl (C=O) groups excluding carboxylic acids is 3. The van der Waals surface area contributed by atoms with Crippen LogP contribution < -0.4 is 14.8 Å². The first kappa shape index (κ1) is 18.9. The molecule has 10 nitrogen and oxygen atoms in total. The van der Waals surface area contributed by atoms with Crippen LogP contribution in [0.3, 0.4) is 0 Å². The van der Waals surface area contributed by atoms with Crippen molar-refractivity contribution in [3.05, 3.63) is 29.8 Å². The second kappa shape index (κ2) is 7.90. The van der Waals surface area contributed by atoms with E-state index in [9.17, 15) is 14.4 Å². The quantitative estimate of drug-likeness (QED) is 0.732. The topological polar surface area (TPSA) is 127 Å². The van der Waals surface area contributed by atoms with E-state index in [1.165, 1.54) is 13.3 Å². The number of hydrogen-bond acceptors (Lipinski definition) is 7. The van der Waals surface area contributed by atoms with Gasteiger partial charge < -0.3 is 19.7 Å². The third-order valence-electron chi connectivity index (χ3n) is 5.16. The van der Waals surface area contributed by atoms with Gasteiger partial charge in [-0.2, -0.15) is 5.10 Å². The van der Waals surface area contributed by atoms with E-state index >= 15 is 0 Å². The molecule has 4 rings (SSSR count). The van der Waals surface area contributed by atoms with E-state index in [-0.39, 0.29) is 36.1 Å². The van der Waals surface area contributed by atoms with Crippen LogP contribution in [0.4, 0.5) is 5.69 Å². The minimum atomic E-state index is -0.183. The second-order valence-electron chi connectivity index (χ2n) is 7.13. The van der Waals surface area contributed by atoms with E-state index in [0.717, 1.165) is 0 Å². The Labute approximate surface area is 166 Å². The summed E-state index contributed by atoms with van der Waals surface area (Å²) in [5.41, 5.74) is 0.805. The number of piperidine rings is 1. The lowest BCUT2D eigenvalue weighted by Crippen LogP contribution is -2.39. The van der Waals surface area contributed by atoms with E-state index < -0.39 is 0 Å². The molecule has 152 valence electrons. The van der Waals surface area contributed by atoms with Gasteiger partial charge in [0.1, 0.15) is 6.33 Å². The highest BCUT2D eigenvalue weighted by atomic mass is 16.7. The van der Waals surface area contributed by atoms with E-state index in [2.05, 4.69) is 20.5 Å². The van der Waals surface area contributed by atoms with Gasteiger partial charge in [0.05, 0.1) is 5.69 Å². The summed E-state index contributed by atoms with van der Waals surface area (Å²) in [7, 11) is 0. The molecule has 2 N–H and O–H groups in total. The fourth-order valence-corrected chi connectivity index (χ4v) is 3.60. The van der Waals surface area contributed by atoms with Gasteiger partial charge in [-0.3, -0.25) is 19.5 Å². The van der Waals surface area contributed by atoms with E-state index in [4.69, 9.17) is 9.47 Å². The van der Waals surface area contributed by atoms with E-state index in [1.807, 2.05) is 0 Å². The van der Waals surface area contributed by atoms with Gasteiger partial charge in [0, 0.05) is 31.1 Å². The number of fused-ring (bicyclic) bond motifs is 1. The van der Waals surface area contributed by atoms with E-state index in [1.54, 1.807) is 17.0 Å². The molecule has 1 saturated heterocycles. The molecule has 0 unspecified atom stereocenters. The molecule has 2 amide bonds. The number of rotatable bonds is 5. The number of likely N-dealkylation sites (tertiary alicyclic amines) is 1. The van der Waals surface area contributed by atoms with Gasteiger partial charge in [0.15, 0.2) is 17.3 Å². The molecular weight excluding hydrogens is 378 g/mol. The van der Waals surface area contributed by atoms with Crippen molar-refractivity contribution in [1.29, 1.82) is 0 Å². The second-order valence-corrected chi connectivity index (χ2v) is 7.13. The monoisotopic (exact) mass is 399 g/mol. The highest BCUT2D eigenvalue weighted by Crippen LogP contribution is 2.37. The van der Waals surface area contributed by atoms with Crippen molar-refractivity contribution in [2.45, 2.75) is 26.2 Å². The van der Waals surface area contributed by atoms with Crippen molar-refractivity contribution in [1.82, 2.24) is 20.1 Å². The summed E-state index contributed by atoms with van der Waals surface area (Å²) < 4.78 is 10.6. The molecule has 0 saturated carbocycles. The summed E-state index contributed by atoms with van der Waals surface area (Å²) in [5, 5.41) is 9.10. The van der Waals surface area contributed by atoms with Gasteiger partial charge >= 0.3 is 0 Å². The lowest BCUT2D eigenvalue weighted by Gasteiger charge is -2.31. The average molecular weight is 399 g/mol. The lowest BCUT2D eigenvalue weighted by molar-refractivity contribution is -0.117. The van der Waals surface area contributed by atoms with Gasteiger partial charge in [-0.1, -0.05) is 0 Å². The first-order valence-corrected chi connectivity index (χ1v) is 9.40. The molecule has 2 aliphatic rings. The fraction of sp³-hybridized carbons (Fsp3) is 0.421. The Kier molecular flexibility index (Phi) is 5.15. The fourth-order valence-electron chi connectivity index (χ4n) is 3.60. The Bertz CT molecular complexity index is 935. The van der Waals surface area contributed by atoms with Crippen LogP contribution in [0.15, 0.2) is 18.5 Å². The minimum Gasteiger partial charge on any atom is -0.454 e. The highest BCUT2D eigenvalue weighted by Gasteiger charge is 2.27. The number of Topliss-reactive ketones (excluding diaryl/α,β-unsaturated/α-hetero) is 1. The number of anilines is 1. The summed E-state index contributed by atoms with van der Waals surface area (Å²) >= 11 is 0. The van der Waals surface area contributed by atoms with Crippen LogP contribution in [-0.2, 0) is 4.79 Å². The standard InChI is InChI=1S/C19H21N5O5/c1-11(25)13-7-15-16(29-10-28-15)8-14(13)22-17(26)6-12-2-4-24(5-3-12)19(27)18-20-9-21-23-18/h7-9,12H,2-6,10H2,1H3,(H,22,26)(H,20,21,23). The minimum absolute atomic E-state index is 0.0927. The number of nitrogens with zero attached hydrogens (tertiary/aromatic N) is 3. The summed E-state index contributed by atoms with van der Waals surface area (Å²) in [4.78, 5) is 42.4. The van der Waals surface area contributed by atoms with Crippen LogP contribution in [0.25, 0.3) is 0 Å². The number of carbonyl (C=O) groups is 3. The van der Waals surface area contributed by atoms with Crippen molar-refractivity contribution in [3.63, 3.8) is 0 Å². The number of aromatic nitrogens is 3. The van der Waals surface area contributed by atoms with Gasteiger partial charge in [-0.05, 0) is 31.7 Å². The summed E-state index contributed by atoms with van der Waals surface area (Å²) in [5.74, 6) is 0.854. The third kappa shape index (κ3) is 4.05. The molecule has 10 heteroatoms. The van der Waals surface area contributed by atoms with Crippen LogP contribution in [0.1, 0.15) is 47.2 Å². The number of ketones is 1. The zero-order chi connectivity index (χ0) is 20.4. The van der Waals surface area contributed by atoms with Crippen LogP contribution in [0.2, 0.25) is 0 Å². The predicted octanol–water partition coefficient (Wildman–Crippen LogP) is 1.62. The van der Waals surface area contributed by atoms with Crippen LogP contribution in [0, 0.1) is 5.92 Å². The first-order valence-electron chi connectivity index (χ1n) is 9.40. The highest BCUT2D eigenvalue weighted by molar-refractivity contribution is 6.04. The van der Waals surface area contributed by atoms with Crippen molar-refractivity contribution in [2.24, 2.45) is 5.92 Å². The third-order valence-corrected chi connectivity index (χ3v) is 5.16. The molecule has 1 aromatic heterocycles. The largest absolute Gasteiger partial charge is 0.454 e. The maximum Gasteiger partial charge on any atom is 0.291 e. The molecule has 0 spiro atoms. The number of benzene rings is 1. The lowest BCUT2D eigenvalue weighted by atomic mass is 9.93. The SMILES string of the molecule is CC(=O)c1cc2c(cc1NC(=O)CC1CCN(C(=O)c3ncn[nH]3)CC1)OCO2. The zero-order valence-corrected chi connectivity index (χ0v) is 15.9. The Morgan fingerprint density at radius 2 is 1.93 bits per heavy atom. The number of aromatic amines is 1. The van der Waals surface area contributed by atoms with Crippen molar-refractivity contribution < 1.29 is 23.9 Å². The number of hydrogen-bond donors (Lipinski definition) is 2. The Hall–Kier alpha value is -3.43. The van der Waals surface area contributed by atoms with Crippen LogP contribution in [-0.4, -0.2) is 57.6 Å². The summed E-state index contributed by atoms with van der Waals surface area (Å²) in [6.45, 7) is 2.64. The molecule has 0 aliphatic carbocycles. The number of amides is 2. The predicted molar refractivity (Wildman–Crippen MR) is 101 cm³/mol. The molecule has 2 aliphatic heterocycles. The number of H-pyrrole nitrogens is 1. The van der Waals surface area contributed by atoms with Crippen molar-refractivity contribution >= 4 is 23.3 Å². The number of nitrogens with one attached hydrogen (secondary N) is 2. The maximum absolute atomic E-state index is 12.6. The maximum atomic E-state index is 12.6. The van der Waals surface area contributed by atoms with Crippen molar-refractivity contribution in [2.75, 3.05) is 25.2 Å². The van der Waals surface area contributed by atoms with Crippen LogP contribution >= 0.6 is 0 Å². The Morgan fingerprint density at radius 3 is 2.59 bits per heavy atom. The molecular formula is C19H21N5O5. The Morgan fingerprint density at radius 1 is 1.21 bits per heavy atom. The molecule has 2 aromatic rings. The number of ether oxygens (including phenoxy) is 2. The van der Waals surface area contributed by atoms with E-state index in [0.29, 0.717) is 55.1 Å². The molecule has 0 atom stereocenters. The van der Waals surface area contributed by atoms with Crippen LogP contribution in [0.5, 0.6) is 11.5 Å². The van der Waals surface area contributed by atoms with Gasteiger partial charge in [0.2, 0.25) is 18.5 Å².